The molecule has 1 saturated carbocycles. The van der Waals surface area contributed by atoms with E-state index in [1.54, 1.807) is 6.07 Å². The van der Waals surface area contributed by atoms with Gasteiger partial charge in [-0.1, -0.05) is 19.3 Å². The van der Waals surface area contributed by atoms with Gasteiger partial charge in [-0.3, -0.25) is 0 Å². The van der Waals surface area contributed by atoms with Crippen LogP contribution in [0, 0.1) is 0 Å². The number of carboxylic acids is 1. The van der Waals surface area contributed by atoms with Gasteiger partial charge in [0.1, 0.15) is 5.82 Å². The van der Waals surface area contributed by atoms with Crippen LogP contribution in [0.25, 0.3) is 0 Å². The SMILES string of the molecule is O=C(O)c1ccc(NC2(CO)CCCCC2)nn1. The first kappa shape index (κ1) is 12.8. The summed E-state index contributed by atoms with van der Waals surface area (Å²) in [6.07, 6.45) is 5.13. The minimum Gasteiger partial charge on any atom is -0.476 e. The summed E-state index contributed by atoms with van der Waals surface area (Å²) < 4.78 is 0. The van der Waals surface area contributed by atoms with Gasteiger partial charge in [0, 0.05) is 0 Å². The van der Waals surface area contributed by atoms with Crippen LogP contribution in [0.2, 0.25) is 0 Å². The smallest absolute Gasteiger partial charge is 0.356 e. The van der Waals surface area contributed by atoms with Gasteiger partial charge in [0.25, 0.3) is 0 Å². The van der Waals surface area contributed by atoms with Crippen LogP contribution >= 0.6 is 0 Å². The van der Waals surface area contributed by atoms with E-state index in [0.29, 0.717) is 5.82 Å². The predicted octanol–water partition coefficient (Wildman–Crippen LogP) is 1.28. The molecule has 98 valence electrons. The van der Waals surface area contributed by atoms with Crippen molar-refractivity contribution in [2.75, 3.05) is 11.9 Å². The van der Waals surface area contributed by atoms with Gasteiger partial charge >= 0.3 is 5.97 Å². The molecule has 1 aromatic heterocycles. The zero-order chi connectivity index (χ0) is 13.0. The van der Waals surface area contributed by atoms with E-state index < -0.39 is 5.97 Å². The van der Waals surface area contributed by atoms with E-state index in [1.165, 1.54) is 12.5 Å². The molecule has 0 atom stereocenters. The van der Waals surface area contributed by atoms with Crippen molar-refractivity contribution in [2.24, 2.45) is 0 Å². The zero-order valence-corrected chi connectivity index (χ0v) is 10.1. The summed E-state index contributed by atoms with van der Waals surface area (Å²) in [5, 5.41) is 28.9. The van der Waals surface area contributed by atoms with Crippen molar-refractivity contribution in [2.45, 2.75) is 37.6 Å². The largest absolute Gasteiger partial charge is 0.476 e. The highest BCUT2D eigenvalue weighted by atomic mass is 16.4. The maximum Gasteiger partial charge on any atom is 0.356 e. The fraction of sp³-hybridized carbons (Fsp3) is 0.583. The Morgan fingerprint density at radius 3 is 2.50 bits per heavy atom. The van der Waals surface area contributed by atoms with Crippen LogP contribution in [-0.4, -0.2) is 38.5 Å². The molecule has 0 bridgehead atoms. The number of aliphatic hydroxyl groups excluding tert-OH is 1. The lowest BCUT2D eigenvalue weighted by atomic mass is 9.82. The second-order valence-corrected chi connectivity index (χ2v) is 4.73. The second kappa shape index (κ2) is 5.30. The van der Waals surface area contributed by atoms with E-state index in [4.69, 9.17) is 5.11 Å². The summed E-state index contributed by atoms with van der Waals surface area (Å²) in [4.78, 5) is 10.7. The summed E-state index contributed by atoms with van der Waals surface area (Å²) in [6.45, 7) is 0.0510. The van der Waals surface area contributed by atoms with Crippen molar-refractivity contribution in [3.63, 3.8) is 0 Å². The minimum atomic E-state index is -1.09. The fourth-order valence-corrected chi connectivity index (χ4v) is 2.34. The van der Waals surface area contributed by atoms with Gasteiger partial charge in [-0.2, -0.15) is 0 Å². The van der Waals surface area contributed by atoms with E-state index >= 15 is 0 Å². The molecule has 0 aliphatic heterocycles. The molecule has 1 aliphatic rings. The summed E-state index contributed by atoms with van der Waals surface area (Å²) in [5.74, 6) is -0.584. The molecule has 1 aliphatic carbocycles. The third-order valence-corrected chi connectivity index (χ3v) is 3.39. The van der Waals surface area contributed by atoms with Crippen molar-refractivity contribution in [3.05, 3.63) is 17.8 Å². The molecule has 6 nitrogen and oxygen atoms in total. The number of carboxylic acid groups (broad SMARTS) is 1. The van der Waals surface area contributed by atoms with Crippen molar-refractivity contribution in [1.29, 1.82) is 0 Å². The highest BCUT2D eigenvalue weighted by Crippen LogP contribution is 2.30. The number of hydrogen-bond acceptors (Lipinski definition) is 5. The highest BCUT2D eigenvalue weighted by molar-refractivity contribution is 5.85. The average Bonchev–Trinajstić information content (AvgIpc) is 2.40. The van der Waals surface area contributed by atoms with Gasteiger partial charge in [0.05, 0.1) is 12.1 Å². The predicted molar refractivity (Wildman–Crippen MR) is 65.5 cm³/mol. The number of aliphatic hydroxyl groups is 1. The van der Waals surface area contributed by atoms with Gasteiger partial charge in [-0.15, -0.1) is 10.2 Å². The molecule has 0 radical (unpaired) electrons. The Balaban J connectivity index is 2.09. The third kappa shape index (κ3) is 2.76. The zero-order valence-electron chi connectivity index (χ0n) is 10.1. The van der Waals surface area contributed by atoms with E-state index in [9.17, 15) is 9.90 Å². The summed E-state index contributed by atoms with van der Waals surface area (Å²) in [7, 11) is 0. The number of nitrogens with one attached hydrogen (secondary N) is 1. The normalized spacial score (nSPS) is 18.3. The number of rotatable bonds is 4. The van der Waals surface area contributed by atoms with Gasteiger partial charge in [0.2, 0.25) is 0 Å². The average molecular weight is 251 g/mol. The van der Waals surface area contributed by atoms with Crippen LogP contribution in [0.3, 0.4) is 0 Å². The van der Waals surface area contributed by atoms with Crippen molar-refractivity contribution >= 4 is 11.8 Å². The van der Waals surface area contributed by atoms with E-state index in [1.807, 2.05) is 0 Å². The van der Waals surface area contributed by atoms with Gasteiger partial charge in [-0.05, 0) is 25.0 Å². The van der Waals surface area contributed by atoms with E-state index in [2.05, 4.69) is 15.5 Å². The van der Waals surface area contributed by atoms with Crippen LogP contribution in [0.1, 0.15) is 42.6 Å². The lowest BCUT2D eigenvalue weighted by Gasteiger charge is -2.36. The van der Waals surface area contributed by atoms with Crippen LogP contribution in [0.5, 0.6) is 0 Å². The maximum atomic E-state index is 10.7. The molecule has 0 aromatic carbocycles. The number of nitrogens with zero attached hydrogens (tertiary/aromatic N) is 2. The quantitative estimate of drug-likeness (QED) is 0.746. The van der Waals surface area contributed by atoms with E-state index in [0.717, 1.165) is 25.7 Å². The first-order valence-electron chi connectivity index (χ1n) is 6.11. The van der Waals surface area contributed by atoms with Crippen molar-refractivity contribution < 1.29 is 15.0 Å². The highest BCUT2D eigenvalue weighted by Gasteiger charge is 2.31. The van der Waals surface area contributed by atoms with Crippen molar-refractivity contribution in [3.8, 4) is 0 Å². The molecule has 0 spiro atoms. The maximum absolute atomic E-state index is 10.7. The Labute approximate surface area is 105 Å². The van der Waals surface area contributed by atoms with Crippen molar-refractivity contribution in [1.82, 2.24) is 10.2 Å². The van der Waals surface area contributed by atoms with Crippen LogP contribution < -0.4 is 5.32 Å². The van der Waals surface area contributed by atoms with Gasteiger partial charge in [0.15, 0.2) is 5.69 Å². The summed E-state index contributed by atoms with van der Waals surface area (Å²) in [6, 6.07) is 2.99. The molecule has 2 rings (SSSR count). The second-order valence-electron chi connectivity index (χ2n) is 4.73. The monoisotopic (exact) mass is 251 g/mol. The Bertz CT molecular complexity index is 413. The van der Waals surface area contributed by atoms with Crippen LogP contribution in [-0.2, 0) is 0 Å². The first-order chi connectivity index (χ1) is 8.65. The third-order valence-electron chi connectivity index (χ3n) is 3.39. The van der Waals surface area contributed by atoms with Gasteiger partial charge < -0.3 is 15.5 Å². The number of carbonyl (C=O) groups is 1. The summed E-state index contributed by atoms with van der Waals surface area (Å²) in [5.41, 5.74) is -0.417. The van der Waals surface area contributed by atoms with Crippen LogP contribution in [0.4, 0.5) is 5.82 Å². The minimum absolute atomic E-state index is 0.0510. The molecule has 1 aromatic rings. The summed E-state index contributed by atoms with van der Waals surface area (Å²) >= 11 is 0. The molecule has 3 N–H and O–H groups in total. The molecule has 0 amide bonds. The molecule has 0 unspecified atom stereocenters. The van der Waals surface area contributed by atoms with Crippen LogP contribution in [0.15, 0.2) is 12.1 Å². The lowest BCUT2D eigenvalue weighted by Crippen LogP contribution is -2.44. The molecule has 0 saturated heterocycles. The molecular weight excluding hydrogens is 234 g/mol. The Morgan fingerprint density at radius 2 is 2.00 bits per heavy atom. The number of aromatic nitrogens is 2. The van der Waals surface area contributed by atoms with Gasteiger partial charge in [-0.25, -0.2) is 4.79 Å². The molecule has 1 heterocycles. The molecule has 1 fully saturated rings. The fourth-order valence-electron chi connectivity index (χ4n) is 2.34. The number of anilines is 1. The Kier molecular flexibility index (Phi) is 3.76. The Morgan fingerprint density at radius 1 is 1.28 bits per heavy atom. The van der Waals surface area contributed by atoms with E-state index in [-0.39, 0.29) is 17.8 Å². The molecule has 6 heteroatoms. The number of aromatic carboxylic acids is 1. The lowest BCUT2D eigenvalue weighted by molar-refractivity contribution is 0.0689. The Hall–Kier alpha value is -1.69. The standard InChI is InChI=1S/C12H17N3O3/c16-8-12(6-2-1-3-7-12)13-10-5-4-9(11(17)18)14-15-10/h4-5,16H,1-3,6-8H2,(H,13,15)(H,17,18). The molecular formula is C12H17N3O3. The first-order valence-corrected chi connectivity index (χ1v) is 6.11. The molecule has 18 heavy (non-hydrogen) atoms. The topological polar surface area (TPSA) is 95.3 Å². The number of hydrogen-bond donors (Lipinski definition) is 3.